The van der Waals surface area contributed by atoms with Crippen LogP contribution in [0.15, 0.2) is 69.1 Å². The van der Waals surface area contributed by atoms with Gasteiger partial charge in [0.2, 0.25) is 0 Å². The predicted molar refractivity (Wildman–Crippen MR) is 131 cm³/mol. The maximum atomic E-state index is 14.0. The van der Waals surface area contributed by atoms with Crippen molar-refractivity contribution in [1.29, 1.82) is 5.26 Å². The lowest BCUT2D eigenvalue weighted by Gasteiger charge is -2.13. The molecule has 1 amide bonds. The second kappa shape index (κ2) is 10.6. The van der Waals surface area contributed by atoms with Crippen molar-refractivity contribution in [3.8, 4) is 11.8 Å². The van der Waals surface area contributed by atoms with Crippen LogP contribution in [-0.2, 0) is 11.4 Å². The van der Waals surface area contributed by atoms with Crippen molar-refractivity contribution in [1.82, 2.24) is 0 Å². The maximum Gasteiger partial charge on any atom is 0.266 e. The zero-order valence-electron chi connectivity index (χ0n) is 17.4. The standard InChI is InChI=1S/C25H19Br2FN2O2/c1-15-7-8-23(16(2)9-15)30-25(31)19(13-29)10-18-11-20(26)12-21(27)24(18)32-14-17-5-3-4-6-22(17)28/h3-12H,14H2,1-2H3,(H,30,31)/b19-10+. The van der Waals surface area contributed by atoms with Crippen molar-refractivity contribution >= 4 is 49.5 Å². The Morgan fingerprint density at radius 3 is 2.59 bits per heavy atom. The van der Waals surface area contributed by atoms with Gasteiger partial charge in [0.25, 0.3) is 5.91 Å². The number of amides is 1. The normalized spacial score (nSPS) is 11.1. The second-order valence-corrected chi connectivity index (χ2v) is 8.90. The molecule has 0 radical (unpaired) electrons. The Morgan fingerprint density at radius 2 is 1.91 bits per heavy atom. The molecule has 7 heteroatoms. The number of halogens is 3. The van der Waals surface area contributed by atoms with Gasteiger partial charge < -0.3 is 10.1 Å². The van der Waals surface area contributed by atoms with E-state index in [0.29, 0.717) is 27.0 Å². The Labute approximate surface area is 203 Å². The molecule has 3 aromatic rings. The summed E-state index contributed by atoms with van der Waals surface area (Å²) in [6, 6.07) is 17.4. The van der Waals surface area contributed by atoms with Crippen molar-refractivity contribution < 1.29 is 13.9 Å². The number of carbonyl (C=O) groups is 1. The van der Waals surface area contributed by atoms with Gasteiger partial charge in [-0.3, -0.25) is 4.79 Å². The van der Waals surface area contributed by atoms with Gasteiger partial charge in [0.15, 0.2) is 0 Å². The lowest BCUT2D eigenvalue weighted by atomic mass is 10.1. The van der Waals surface area contributed by atoms with E-state index in [4.69, 9.17) is 4.74 Å². The van der Waals surface area contributed by atoms with E-state index in [1.807, 2.05) is 32.0 Å². The molecule has 0 atom stereocenters. The van der Waals surface area contributed by atoms with Crippen LogP contribution >= 0.6 is 31.9 Å². The first-order valence-electron chi connectivity index (χ1n) is 9.64. The molecule has 3 aromatic carbocycles. The van der Waals surface area contributed by atoms with Gasteiger partial charge in [0.1, 0.15) is 29.8 Å². The zero-order chi connectivity index (χ0) is 23.3. The number of carbonyl (C=O) groups excluding carboxylic acids is 1. The van der Waals surface area contributed by atoms with E-state index in [1.54, 1.807) is 36.4 Å². The summed E-state index contributed by atoms with van der Waals surface area (Å²) in [6.07, 6.45) is 1.45. The minimum absolute atomic E-state index is 0.00953. The van der Waals surface area contributed by atoms with Gasteiger partial charge in [-0.2, -0.15) is 5.26 Å². The van der Waals surface area contributed by atoms with Crippen molar-refractivity contribution in [3.63, 3.8) is 0 Å². The van der Waals surface area contributed by atoms with E-state index < -0.39 is 5.91 Å². The molecule has 0 bridgehead atoms. The molecule has 32 heavy (non-hydrogen) atoms. The molecular weight excluding hydrogens is 539 g/mol. The van der Waals surface area contributed by atoms with E-state index in [0.717, 1.165) is 15.6 Å². The monoisotopic (exact) mass is 556 g/mol. The molecule has 0 heterocycles. The third-order valence-electron chi connectivity index (χ3n) is 4.66. The SMILES string of the molecule is Cc1ccc(NC(=O)/C(C#N)=C/c2cc(Br)cc(Br)c2OCc2ccccc2F)c(C)c1. The Balaban J connectivity index is 1.91. The van der Waals surface area contributed by atoms with Crippen LogP contribution in [0.5, 0.6) is 5.75 Å². The number of nitrogens with one attached hydrogen (secondary N) is 1. The van der Waals surface area contributed by atoms with Gasteiger partial charge in [0, 0.05) is 21.3 Å². The summed E-state index contributed by atoms with van der Waals surface area (Å²) in [4.78, 5) is 12.8. The molecule has 0 fully saturated rings. The van der Waals surface area contributed by atoms with E-state index in [1.165, 1.54) is 12.1 Å². The summed E-state index contributed by atoms with van der Waals surface area (Å²) in [7, 11) is 0. The van der Waals surface area contributed by atoms with Gasteiger partial charge in [-0.15, -0.1) is 0 Å². The summed E-state index contributed by atoms with van der Waals surface area (Å²) in [5.41, 5.74) is 3.40. The fourth-order valence-corrected chi connectivity index (χ4v) is 4.43. The quantitative estimate of drug-likeness (QED) is 0.260. The number of aryl methyl sites for hydroxylation is 2. The van der Waals surface area contributed by atoms with E-state index in [-0.39, 0.29) is 18.0 Å². The molecule has 0 aliphatic heterocycles. The Kier molecular flexibility index (Phi) is 7.84. The van der Waals surface area contributed by atoms with Crippen LogP contribution in [0.1, 0.15) is 22.3 Å². The zero-order valence-corrected chi connectivity index (χ0v) is 20.6. The first-order chi connectivity index (χ1) is 15.3. The molecule has 0 unspecified atom stereocenters. The highest BCUT2D eigenvalue weighted by Crippen LogP contribution is 2.35. The number of nitrogens with zero attached hydrogens (tertiary/aromatic N) is 1. The van der Waals surface area contributed by atoms with Crippen molar-refractivity contribution in [3.05, 3.63) is 97.2 Å². The van der Waals surface area contributed by atoms with Crippen LogP contribution in [0.4, 0.5) is 10.1 Å². The number of hydrogen-bond donors (Lipinski definition) is 1. The van der Waals surface area contributed by atoms with Gasteiger partial charge in [0.05, 0.1) is 4.47 Å². The lowest BCUT2D eigenvalue weighted by molar-refractivity contribution is -0.112. The van der Waals surface area contributed by atoms with Crippen LogP contribution in [0.25, 0.3) is 6.08 Å². The van der Waals surface area contributed by atoms with Crippen LogP contribution in [0.3, 0.4) is 0 Å². The number of anilines is 1. The first-order valence-corrected chi connectivity index (χ1v) is 11.2. The van der Waals surface area contributed by atoms with E-state index in [9.17, 15) is 14.4 Å². The molecule has 0 aliphatic rings. The number of rotatable bonds is 6. The average molecular weight is 558 g/mol. The van der Waals surface area contributed by atoms with E-state index >= 15 is 0 Å². The Hall–Kier alpha value is -2.95. The third-order valence-corrected chi connectivity index (χ3v) is 5.71. The lowest BCUT2D eigenvalue weighted by Crippen LogP contribution is -2.14. The molecule has 4 nitrogen and oxygen atoms in total. The number of ether oxygens (including phenoxy) is 1. The minimum Gasteiger partial charge on any atom is -0.487 e. The average Bonchev–Trinajstić information content (AvgIpc) is 2.74. The summed E-state index contributed by atoms with van der Waals surface area (Å²) < 4.78 is 21.2. The highest BCUT2D eigenvalue weighted by atomic mass is 79.9. The maximum absolute atomic E-state index is 14.0. The van der Waals surface area contributed by atoms with Crippen LogP contribution in [-0.4, -0.2) is 5.91 Å². The van der Waals surface area contributed by atoms with Crippen molar-refractivity contribution in [2.24, 2.45) is 0 Å². The van der Waals surface area contributed by atoms with Gasteiger partial charge in [-0.25, -0.2) is 4.39 Å². The Bertz CT molecular complexity index is 1250. The molecule has 0 aliphatic carbocycles. The molecule has 0 saturated carbocycles. The fourth-order valence-electron chi connectivity index (χ4n) is 3.05. The van der Waals surface area contributed by atoms with Crippen LogP contribution < -0.4 is 10.1 Å². The molecule has 0 aromatic heterocycles. The summed E-state index contributed by atoms with van der Waals surface area (Å²) in [5.74, 6) is -0.512. The van der Waals surface area contributed by atoms with E-state index in [2.05, 4.69) is 37.2 Å². The topological polar surface area (TPSA) is 62.1 Å². The van der Waals surface area contributed by atoms with Crippen LogP contribution in [0, 0.1) is 31.0 Å². The molecule has 3 rings (SSSR count). The summed E-state index contributed by atoms with van der Waals surface area (Å²) in [6.45, 7) is 3.84. The number of benzene rings is 3. The summed E-state index contributed by atoms with van der Waals surface area (Å²) in [5, 5.41) is 12.4. The largest absolute Gasteiger partial charge is 0.487 e. The highest BCUT2D eigenvalue weighted by Gasteiger charge is 2.15. The Morgan fingerprint density at radius 1 is 1.16 bits per heavy atom. The molecule has 0 saturated heterocycles. The van der Waals surface area contributed by atoms with Gasteiger partial charge in [-0.1, -0.05) is 51.8 Å². The van der Waals surface area contributed by atoms with Crippen molar-refractivity contribution in [2.75, 3.05) is 5.32 Å². The minimum atomic E-state index is -0.532. The summed E-state index contributed by atoms with van der Waals surface area (Å²) >= 11 is 6.86. The molecule has 1 N–H and O–H groups in total. The molecule has 0 spiro atoms. The van der Waals surface area contributed by atoms with Crippen molar-refractivity contribution in [2.45, 2.75) is 20.5 Å². The first kappa shape index (κ1) is 23.7. The highest BCUT2D eigenvalue weighted by molar-refractivity contribution is 9.11. The smallest absolute Gasteiger partial charge is 0.266 e. The molecule has 162 valence electrons. The second-order valence-electron chi connectivity index (χ2n) is 7.13. The van der Waals surface area contributed by atoms with Gasteiger partial charge in [-0.05, 0) is 65.7 Å². The number of nitriles is 1. The number of hydrogen-bond acceptors (Lipinski definition) is 3. The third kappa shape index (κ3) is 5.84. The molecular formula is C25H19Br2FN2O2. The fraction of sp³-hybridized carbons (Fsp3) is 0.120. The predicted octanol–water partition coefficient (Wildman–Crippen LogP) is 7.09. The van der Waals surface area contributed by atoms with Crippen LogP contribution in [0.2, 0.25) is 0 Å². The van der Waals surface area contributed by atoms with Gasteiger partial charge >= 0.3 is 0 Å².